The Morgan fingerprint density at radius 3 is 1.70 bits per heavy atom. The lowest BCUT2D eigenvalue weighted by atomic mass is 9.79. The van der Waals surface area contributed by atoms with Crippen LogP contribution in [0.25, 0.3) is 0 Å². The quantitative estimate of drug-likeness (QED) is 0.597. The maximum absolute atomic E-state index is 12.6. The Kier molecular flexibility index (Phi) is 9.61. The molecule has 0 aromatic rings. The Morgan fingerprint density at radius 2 is 1.43 bits per heavy atom. The van der Waals surface area contributed by atoms with Crippen LogP contribution in [0.1, 0.15) is 60.3 Å². The van der Waals surface area contributed by atoms with Crippen molar-refractivity contribution in [3.63, 3.8) is 0 Å². The molecule has 138 valence electrons. The number of hydrogen-bond donors (Lipinski definition) is 2. The summed E-state index contributed by atoms with van der Waals surface area (Å²) < 4.78 is 25.2. The summed E-state index contributed by atoms with van der Waals surface area (Å²) in [5.41, 5.74) is 8.02. The number of ketones is 1. The summed E-state index contributed by atoms with van der Waals surface area (Å²) in [6.07, 6.45) is 2.36. The van der Waals surface area contributed by atoms with Gasteiger partial charge in [-0.2, -0.15) is 0 Å². The van der Waals surface area contributed by atoms with E-state index in [4.69, 9.17) is 11.5 Å². The van der Waals surface area contributed by atoms with E-state index < -0.39 is 43.5 Å². The smallest absolute Gasteiger partial charge is 0.246 e. The van der Waals surface area contributed by atoms with Crippen LogP contribution in [0.3, 0.4) is 0 Å². The molecule has 1 amide bonds. The molecule has 0 saturated carbocycles. The monoisotopic (exact) mass is 370 g/mol. The van der Waals surface area contributed by atoms with Gasteiger partial charge in [0.15, 0.2) is 21.2 Å². The first-order valence-electron chi connectivity index (χ1n) is 7.68. The first kappa shape index (κ1) is 24.6. The van der Waals surface area contributed by atoms with Crippen molar-refractivity contribution in [2.75, 3.05) is 5.75 Å². The Bertz CT molecular complexity index is 508. The van der Waals surface area contributed by atoms with Crippen LogP contribution in [0, 0.1) is 5.41 Å². The van der Waals surface area contributed by atoms with Crippen LogP contribution in [0.15, 0.2) is 0 Å². The van der Waals surface area contributed by atoms with Gasteiger partial charge in [0.25, 0.3) is 0 Å². The lowest BCUT2D eigenvalue weighted by Gasteiger charge is -2.32. The zero-order chi connectivity index (χ0) is 17.8. The summed E-state index contributed by atoms with van der Waals surface area (Å²) in [6, 6.07) is 0. The van der Waals surface area contributed by atoms with Gasteiger partial charge in [-0.3, -0.25) is 9.59 Å². The van der Waals surface area contributed by atoms with Crippen molar-refractivity contribution in [1.82, 2.24) is 0 Å². The fourth-order valence-electron chi connectivity index (χ4n) is 2.50. The third kappa shape index (κ3) is 6.39. The molecular weight excluding hydrogens is 340 g/mol. The Hall–Kier alpha value is -0.660. The molecule has 0 unspecified atom stereocenters. The molecule has 6 nitrogen and oxygen atoms in total. The van der Waals surface area contributed by atoms with Crippen LogP contribution in [-0.2, 0) is 19.4 Å². The molecule has 0 aromatic heterocycles. The van der Waals surface area contributed by atoms with Gasteiger partial charge in [0.05, 0.1) is 11.0 Å². The number of carbonyl (C=O) groups excluding carboxylic acids is 2. The number of halogens is 1. The summed E-state index contributed by atoms with van der Waals surface area (Å²) in [6.45, 7) is 8.54. The van der Waals surface area contributed by atoms with Crippen molar-refractivity contribution in [3.8, 4) is 0 Å². The lowest BCUT2D eigenvalue weighted by molar-refractivity contribution is -0.138. The van der Waals surface area contributed by atoms with Crippen molar-refractivity contribution >= 4 is 33.9 Å². The number of primary amides is 1. The van der Waals surface area contributed by atoms with Gasteiger partial charge in [0.2, 0.25) is 5.91 Å². The van der Waals surface area contributed by atoms with Gasteiger partial charge in [-0.15, -0.1) is 12.4 Å². The molecule has 0 aliphatic carbocycles. The minimum absolute atomic E-state index is 0. The molecule has 0 bridgehead atoms. The van der Waals surface area contributed by atoms with Crippen molar-refractivity contribution < 1.29 is 18.0 Å². The van der Waals surface area contributed by atoms with E-state index in [0.29, 0.717) is 25.7 Å². The highest BCUT2D eigenvalue weighted by molar-refractivity contribution is 7.92. The summed E-state index contributed by atoms with van der Waals surface area (Å²) in [5, 5.41) is -0.599. The Morgan fingerprint density at radius 1 is 1.04 bits per heavy atom. The molecule has 0 spiro atoms. The largest absolute Gasteiger partial charge is 0.368 e. The first-order chi connectivity index (χ1) is 9.82. The van der Waals surface area contributed by atoms with Gasteiger partial charge in [-0.1, -0.05) is 47.5 Å². The topological polar surface area (TPSA) is 120 Å². The second-order valence-electron chi connectivity index (χ2n) is 6.92. The molecule has 0 aromatic carbocycles. The third-order valence-corrected chi connectivity index (χ3v) is 6.03. The molecule has 0 aliphatic heterocycles. The average molecular weight is 371 g/mol. The standard InChI is InChI=1S/C15H30N2O4S.ClH/c1-6-8-11(9-7-2)22(20,21)10-15(17,13(16)19)12(18)14(3,4)5;/h11H,6-10,17H2,1-5H3,(H2,16,19);1H/t15-;/m0./s1. The molecule has 0 aliphatic rings. The highest BCUT2D eigenvalue weighted by Crippen LogP contribution is 2.26. The predicted octanol–water partition coefficient (Wildman–Crippen LogP) is 1.59. The molecule has 1 atom stereocenters. The number of nitrogens with two attached hydrogens (primary N) is 2. The fraction of sp³-hybridized carbons (Fsp3) is 0.867. The van der Waals surface area contributed by atoms with E-state index in [9.17, 15) is 18.0 Å². The van der Waals surface area contributed by atoms with E-state index in [0.717, 1.165) is 0 Å². The van der Waals surface area contributed by atoms with Crippen LogP contribution >= 0.6 is 12.4 Å². The summed E-state index contributed by atoms with van der Waals surface area (Å²) in [7, 11) is -3.70. The molecule has 0 radical (unpaired) electrons. The predicted molar refractivity (Wildman–Crippen MR) is 95.2 cm³/mol. The zero-order valence-corrected chi connectivity index (χ0v) is 16.4. The third-order valence-electron chi connectivity index (χ3n) is 3.68. The highest BCUT2D eigenvalue weighted by atomic mass is 35.5. The van der Waals surface area contributed by atoms with E-state index >= 15 is 0 Å². The maximum atomic E-state index is 12.6. The average Bonchev–Trinajstić information content (AvgIpc) is 2.35. The number of amides is 1. The molecular formula is C15H31ClN2O4S. The Labute approximate surface area is 146 Å². The second-order valence-corrected chi connectivity index (χ2v) is 9.20. The van der Waals surface area contributed by atoms with Gasteiger partial charge in [-0.25, -0.2) is 8.42 Å². The fourth-order valence-corrected chi connectivity index (χ4v) is 4.83. The molecule has 0 saturated heterocycles. The van der Waals surface area contributed by atoms with Gasteiger partial charge in [0.1, 0.15) is 0 Å². The Balaban J connectivity index is 0. The summed E-state index contributed by atoms with van der Waals surface area (Å²) in [5.74, 6) is -2.47. The summed E-state index contributed by atoms with van der Waals surface area (Å²) >= 11 is 0. The summed E-state index contributed by atoms with van der Waals surface area (Å²) in [4.78, 5) is 24.2. The molecule has 0 rings (SSSR count). The zero-order valence-electron chi connectivity index (χ0n) is 14.7. The van der Waals surface area contributed by atoms with Gasteiger partial charge in [0, 0.05) is 5.41 Å². The van der Waals surface area contributed by atoms with Crippen LogP contribution in [0.2, 0.25) is 0 Å². The first-order valence-corrected chi connectivity index (χ1v) is 9.39. The molecule has 0 fully saturated rings. The molecule has 23 heavy (non-hydrogen) atoms. The van der Waals surface area contributed by atoms with Crippen molar-refractivity contribution in [2.45, 2.75) is 71.1 Å². The number of hydrogen-bond acceptors (Lipinski definition) is 5. The van der Waals surface area contributed by atoms with Crippen molar-refractivity contribution in [1.29, 1.82) is 0 Å². The van der Waals surface area contributed by atoms with Gasteiger partial charge in [-0.05, 0) is 12.8 Å². The van der Waals surface area contributed by atoms with Crippen molar-refractivity contribution in [3.05, 3.63) is 0 Å². The second kappa shape index (κ2) is 8.99. The highest BCUT2D eigenvalue weighted by Gasteiger charge is 2.49. The lowest BCUT2D eigenvalue weighted by Crippen LogP contribution is -2.65. The number of Topliss-reactive ketones (excluding diaryl/α,β-unsaturated/α-hetero) is 1. The van der Waals surface area contributed by atoms with Crippen LogP contribution in [-0.4, -0.2) is 36.6 Å². The molecule has 8 heteroatoms. The van der Waals surface area contributed by atoms with Crippen LogP contribution in [0.4, 0.5) is 0 Å². The van der Waals surface area contributed by atoms with E-state index in [1.165, 1.54) is 0 Å². The number of sulfone groups is 1. The van der Waals surface area contributed by atoms with Gasteiger partial charge < -0.3 is 11.5 Å². The van der Waals surface area contributed by atoms with Crippen LogP contribution < -0.4 is 11.5 Å². The minimum Gasteiger partial charge on any atom is -0.368 e. The van der Waals surface area contributed by atoms with E-state index in [-0.39, 0.29) is 12.4 Å². The number of carbonyl (C=O) groups is 2. The number of rotatable bonds is 9. The van der Waals surface area contributed by atoms with E-state index in [2.05, 4.69) is 0 Å². The van der Waals surface area contributed by atoms with Gasteiger partial charge >= 0.3 is 0 Å². The van der Waals surface area contributed by atoms with Crippen molar-refractivity contribution in [2.24, 2.45) is 16.9 Å². The normalized spacial score (nSPS) is 14.9. The minimum atomic E-state index is -3.70. The maximum Gasteiger partial charge on any atom is 0.246 e. The molecule has 0 heterocycles. The van der Waals surface area contributed by atoms with Crippen LogP contribution in [0.5, 0.6) is 0 Å². The SMILES string of the molecule is CCCC(CCC)S(=O)(=O)C[C@@](N)(C(N)=O)C(=O)C(C)(C)C.Cl. The molecule has 4 N–H and O–H groups in total. The van der Waals surface area contributed by atoms with E-state index in [1.807, 2.05) is 13.8 Å². The van der Waals surface area contributed by atoms with E-state index in [1.54, 1.807) is 20.8 Å².